The second kappa shape index (κ2) is 7.91. The Hall–Kier alpha value is -1.42. The van der Waals surface area contributed by atoms with Gasteiger partial charge in [0.1, 0.15) is 0 Å². The van der Waals surface area contributed by atoms with Crippen LogP contribution in [0.5, 0.6) is 0 Å². The molecule has 3 rings (SSSR count). The van der Waals surface area contributed by atoms with E-state index < -0.39 is 0 Å². The maximum atomic E-state index is 13.0. The third kappa shape index (κ3) is 4.11. The molecule has 0 spiro atoms. The van der Waals surface area contributed by atoms with E-state index in [9.17, 15) is 4.79 Å². The van der Waals surface area contributed by atoms with Gasteiger partial charge in [0.25, 0.3) is 5.91 Å². The van der Waals surface area contributed by atoms with Crippen molar-refractivity contribution in [1.82, 2.24) is 14.8 Å². The first-order valence-electron chi connectivity index (χ1n) is 9.26. The molecule has 4 nitrogen and oxygen atoms in total. The zero-order valence-corrected chi connectivity index (χ0v) is 14.3. The van der Waals surface area contributed by atoms with Gasteiger partial charge in [0.15, 0.2) is 0 Å². The average Bonchev–Trinajstić information content (AvgIpc) is 3.13. The van der Waals surface area contributed by atoms with Crippen molar-refractivity contribution in [2.24, 2.45) is 0 Å². The Morgan fingerprint density at radius 2 is 2.00 bits per heavy atom. The number of aryl methyl sites for hydroxylation is 1. The highest BCUT2D eigenvalue weighted by molar-refractivity contribution is 5.94. The minimum absolute atomic E-state index is 0.202. The fourth-order valence-corrected chi connectivity index (χ4v) is 3.88. The molecule has 2 aliphatic heterocycles. The number of carbonyl (C=O) groups excluding carboxylic acids is 1. The van der Waals surface area contributed by atoms with E-state index in [1.165, 1.54) is 32.4 Å². The fraction of sp³-hybridized carbons (Fsp3) is 0.684. The normalized spacial score (nSPS) is 22.5. The van der Waals surface area contributed by atoms with E-state index in [2.05, 4.69) is 21.7 Å². The molecule has 2 saturated heterocycles. The molecule has 0 bridgehead atoms. The van der Waals surface area contributed by atoms with Crippen LogP contribution < -0.4 is 0 Å². The molecule has 1 aromatic rings. The molecule has 0 radical (unpaired) electrons. The number of nitrogens with zero attached hydrogens (tertiary/aromatic N) is 3. The highest BCUT2D eigenvalue weighted by Crippen LogP contribution is 2.23. The Balaban J connectivity index is 1.65. The van der Waals surface area contributed by atoms with Crippen LogP contribution in [0.3, 0.4) is 0 Å². The van der Waals surface area contributed by atoms with Crippen LogP contribution in [0.4, 0.5) is 0 Å². The Labute approximate surface area is 139 Å². The fourth-order valence-electron chi connectivity index (χ4n) is 3.88. The van der Waals surface area contributed by atoms with Crippen molar-refractivity contribution < 1.29 is 4.79 Å². The summed E-state index contributed by atoms with van der Waals surface area (Å²) in [4.78, 5) is 22.0. The predicted molar refractivity (Wildman–Crippen MR) is 92.6 cm³/mol. The summed E-state index contributed by atoms with van der Waals surface area (Å²) in [7, 11) is 0. The summed E-state index contributed by atoms with van der Waals surface area (Å²) < 4.78 is 0. The van der Waals surface area contributed by atoms with Gasteiger partial charge in [-0.05, 0) is 70.2 Å². The summed E-state index contributed by atoms with van der Waals surface area (Å²) in [6.45, 7) is 6.62. The van der Waals surface area contributed by atoms with Gasteiger partial charge in [-0.2, -0.15) is 0 Å². The van der Waals surface area contributed by atoms with Crippen LogP contribution in [0.1, 0.15) is 61.5 Å². The van der Waals surface area contributed by atoms with Crippen LogP contribution in [0.2, 0.25) is 0 Å². The van der Waals surface area contributed by atoms with Gasteiger partial charge >= 0.3 is 0 Å². The van der Waals surface area contributed by atoms with Crippen molar-refractivity contribution in [3.63, 3.8) is 0 Å². The largest absolute Gasteiger partial charge is 0.336 e. The van der Waals surface area contributed by atoms with E-state index in [0.717, 1.165) is 50.0 Å². The topological polar surface area (TPSA) is 36.4 Å². The first kappa shape index (κ1) is 16.4. The number of hydrogen-bond donors (Lipinski definition) is 0. The van der Waals surface area contributed by atoms with E-state index in [1.54, 1.807) is 6.20 Å². The highest BCUT2D eigenvalue weighted by atomic mass is 16.2. The van der Waals surface area contributed by atoms with Gasteiger partial charge in [-0.25, -0.2) is 0 Å². The van der Waals surface area contributed by atoms with Crippen molar-refractivity contribution >= 4 is 5.91 Å². The average molecular weight is 315 g/mol. The molecule has 0 saturated carbocycles. The zero-order chi connectivity index (χ0) is 16.1. The first-order valence-corrected chi connectivity index (χ1v) is 9.26. The summed E-state index contributed by atoms with van der Waals surface area (Å²) in [5.41, 5.74) is 1.81. The Morgan fingerprint density at radius 3 is 2.78 bits per heavy atom. The van der Waals surface area contributed by atoms with Gasteiger partial charge in [0, 0.05) is 36.6 Å². The molecule has 1 amide bonds. The lowest BCUT2D eigenvalue weighted by atomic mass is 9.98. The smallest absolute Gasteiger partial charge is 0.254 e. The van der Waals surface area contributed by atoms with E-state index in [4.69, 9.17) is 0 Å². The predicted octanol–water partition coefficient (Wildman–Crippen LogP) is 3.12. The number of piperidine rings is 1. The second-order valence-electron chi connectivity index (χ2n) is 6.87. The summed E-state index contributed by atoms with van der Waals surface area (Å²) in [6, 6.07) is 4.25. The molecule has 0 aliphatic carbocycles. The van der Waals surface area contributed by atoms with Gasteiger partial charge < -0.3 is 9.80 Å². The molecule has 3 heterocycles. The third-order valence-electron chi connectivity index (χ3n) is 5.29. The molecular formula is C19H29N3O. The molecule has 0 aromatic carbocycles. The SMILES string of the molecule is CCc1cc(C(=O)N2CCCC[C@@H]2CCN2CCCC2)ccn1. The van der Waals surface area contributed by atoms with Crippen molar-refractivity contribution in [3.05, 3.63) is 29.6 Å². The molecular weight excluding hydrogens is 286 g/mol. The third-order valence-corrected chi connectivity index (χ3v) is 5.29. The lowest BCUT2D eigenvalue weighted by molar-refractivity contribution is 0.0587. The monoisotopic (exact) mass is 315 g/mol. The molecule has 126 valence electrons. The molecule has 23 heavy (non-hydrogen) atoms. The lowest BCUT2D eigenvalue weighted by Gasteiger charge is -2.36. The number of hydrogen-bond acceptors (Lipinski definition) is 3. The van der Waals surface area contributed by atoms with Crippen molar-refractivity contribution in [3.8, 4) is 0 Å². The van der Waals surface area contributed by atoms with Crippen LogP contribution in [0.25, 0.3) is 0 Å². The van der Waals surface area contributed by atoms with Crippen molar-refractivity contribution in [1.29, 1.82) is 0 Å². The maximum absolute atomic E-state index is 13.0. The summed E-state index contributed by atoms with van der Waals surface area (Å²) in [5, 5.41) is 0. The first-order chi connectivity index (χ1) is 11.3. The van der Waals surface area contributed by atoms with Gasteiger partial charge in [-0.1, -0.05) is 6.92 Å². The Kier molecular flexibility index (Phi) is 5.65. The number of likely N-dealkylation sites (tertiary alicyclic amines) is 2. The van der Waals surface area contributed by atoms with Gasteiger partial charge in [-0.15, -0.1) is 0 Å². The van der Waals surface area contributed by atoms with Gasteiger partial charge in [-0.3, -0.25) is 9.78 Å². The minimum Gasteiger partial charge on any atom is -0.336 e. The maximum Gasteiger partial charge on any atom is 0.254 e. The molecule has 0 unspecified atom stereocenters. The summed E-state index contributed by atoms with van der Waals surface area (Å²) >= 11 is 0. The van der Waals surface area contributed by atoms with Crippen LogP contribution in [-0.4, -0.2) is 52.9 Å². The summed E-state index contributed by atoms with van der Waals surface area (Å²) in [5.74, 6) is 0.202. The molecule has 1 aromatic heterocycles. The number of pyridine rings is 1. The standard InChI is InChI=1S/C19H29N3O/c1-2-17-15-16(8-10-20-17)19(23)22-13-4-3-7-18(22)9-14-21-11-5-6-12-21/h8,10,15,18H,2-7,9,11-14H2,1H3/t18-/m1/s1. The van der Waals surface area contributed by atoms with Crippen molar-refractivity contribution in [2.45, 2.75) is 57.9 Å². The van der Waals surface area contributed by atoms with Crippen LogP contribution in [0.15, 0.2) is 18.3 Å². The number of amides is 1. The minimum atomic E-state index is 0.202. The van der Waals surface area contributed by atoms with E-state index in [1.807, 2.05) is 12.1 Å². The van der Waals surface area contributed by atoms with E-state index in [0.29, 0.717) is 6.04 Å². The zero-order valence-electron chi connectivity index (χ0n) is 14.3. The molecule has 0 N–H and O–H groups in total. The molecule has 4 heteroatoms. The molecule has 2 aliphatic rings. The van der Waals surface area contributed by atoms with E-state index in [-0.39, 0.29) is 5.91 Å². The highest BCUT2D eigenvalue weighted by Gasteiger charge is 2.28. The van der Waals surface area contributed by atoms with Gasteiger partial charge in [0.05, 0.1) is 0 Å². The van der Waals surface area contributed by atoms with Crippen LogP contribution in [-0.2, 0) is 6.42 Å². The second-order valence-corrected chi connectivity index (χ2v) is 6.87. The molecule has 2 fully saturated rings. The van der Waals surface area contributed by atoms with Crippen LogP contribution in [0, 0.1) is 0 Å². The van der Waals surface area contributed by atoms with E-state index >= 15 is 0 Å². The lowest BCUT2D eigenvalue weighted by Crippen LogP contribution is -2.45. The number of aromatic nitrogens is 1. The number of rotatable bonds is 5. The Morgan fingerprint density at radius 1 is 1.22 bits per heavy atom. The van der Waals surface area contributed by atoms with Gasteiger partial charge in [0.2, 0.25) is 0 Å². The Bertz CT molecular complexity index is 525. The van der Waals surface area contributed by atoms with Crippen molar-refractivity contribution in [2.75, 3.05) is 26.2 Å². The number of carbonyl (C=O) groups is 1. The van der Waals surface area contributed by atoms with Crippen LogP contribution >= 0.6 is 0 Å². The summed E-state index contributed by atoms with van der Waals surface area (Å²) in [6.07, 6.45) is 9.99. The quantitative estimate of drug-likeness (QED) is 0.837. The molecule has 1 atom stereocenters.